The fourth-order valence-electron chi connectivity index (χ4n) is 3.29. The van der Waals surface area contributed by atoms with E-state index in [-0.39, 0.29) is 5.43 Å². The van der Waals surface area contributed by atoms with Gasteiger partial charge in [-0.2, -0.15) is 13.2 Å². The van der Waals surface area contributed by atoms with Crippen molar-refractivity contribution in [2.45, 2.75) is 25.6 Å². The Morgan fingerprint density at radius 3 is 2.31 bits per heavy atom. The number of aliphatic carboxylic acids is 1. The predicted octanol–water partition coefficient (Wildman–Crippen LogP) is 3.65. The number of rotatable bonds is 5. The minimum absolute atomic E-state index is 0.119. The molecule has 2 N–H and O–H groups in total. The number of alkyl halides is 3. The summed E-state index contributed by atoms with van der Waals surface area (Å²) in [7, 11) is 0. The third-order valence-corrected chi connectivity index (χ3v) is 4.97. The first-order valence-electron chi connectivity index (χ1n) is 10.0. The number of piperidine rings is 1. The van der Waals surface area contributed by atoms with Crippen molar-refractivity contribution in [1.29, 1.82) is 0 Å². The number of nitrogens with zero attached hydrogens (tertiary/aromatic N) is 1. The molecule has 7 nitrogen and oxygen atoms in total. The Morgan fingerprint density at radius 1 is 1.19 bits per heavy atom. The average molecular weight is 452 g/mol. The van der Waals surface area contributed by atoms with Crippen molar-refractivity contribution >= 4 is 16.7 Å². The minimum atomic E-state index is -5.08. The van der Waals surface area contributed by atoms with Crippen LogP contribution in [0.2, 0.25) is 0 Å². The lowest BCUT2D eigenvalue weighted by Gasteiger charge is -2.22. The molecule has 2 aromatic heterocycles. The van der Waals surface area contributed by atoms with Crippen molar-refractivity contribution in [1.82, 2.24) is 9.88 Å². The molecule has 0 saturated carbocycles. The Bertz CT molecular complexity index is 1070. The summed E-state index contributed by atoms with van der Waals surface area (Å²) < 4.78 is 45.1. The number of benzene rings is 1. The Balaban J connectivity index is 0.000000360. The molecule has 0 aliphatic carbocycles. The molecule has 1 aromatic carbocycles. The number of carboxylic acid groups (broad SMARTS) is 1. The van der Waals surface area contributed by atoms with Crippen molar-refractivity contribution in [2.75, 3.05) is 19.7 Å². The lowest BCUT2D eigenvalue weighted by molar-refractivity contribution is -0.192. The number of nitrogens with one attached hydrogen (secondary N) is 1. The van der Waals surface area contributed by atoms with E-state index in [2.05, 4.69) is 29.8 Å². The van der Waals surface area contributed by atoms with Gasteiger partial charge in [0.1, 0.15) is 12.0 Å². The summed E-state index contributed by atoms with van der Waals surface area (Å²) in [6.45, 7) is 3.15. The highest BCUT2D eigenvalue weighted by molar-refractivity contribution is 5.82. The smallest absolute Gasteiger partial charge is 0.486 e. The second-order valence-corrected chi connectivity index (χ2v) is 7.44. The van der Waals surface area contributed by atoms with Crippen molar-refractivity contribution in [3.8, 4) is 5.75 Å². The van der Waals surface area contributed by atoms with Gasteiger partial charge < -0.3 is 24.1 Å². The Labute approximate surface area is 181 Å². The van der Waals surface area contributed by atoms with Gasteiger partial charge >= 0.3 is 12.1 Å². The molecule has 10 heteroatoms. The van der Waals surface area contributed by atoms with Gasteiger partial charge in [0.2, 0.25) is 11.2 Å². The number of ether oxygens (including phenoxy) is 1. The van der Waals surface area contributed by atoms with Gasteiger partial charge in [-0.3, -0.25) is 4.79 Å². The monoisotopic (exact) mass is 452 g/mol. The second-order valence-electron chi connectivity index (χ2n) is 7.44. The van der Waals surface area contributed by atoms with E-state index in [0.717, 1.165) is 25.9 Å². The zero-order chi connectivity index (χ0) is 23.1. The maximum atomic E-state index is 12.3. The van der Waals surface area contributed by atoms with Crippen molar-refractivity contribution in [3.05, 3.63) is 65.0 Å². The molecular weight excluding hydrogens is 429 g/mol. The van der Waals surface area contributed by atoms with Gasteiger partial charge in [-0.05, 0) is 42.6 Å². The van der Waals surface area contributed by atoms with Crippen LogP contribution in [0, 0.1) is 5.92 Å². The van der Waals surface area contributed by atoms with Crippen LogP contribution in [0.25, 0.3) is 10.8 Å². The molecule has 0 unspecified atom stereocenters. The first-order chi connectivity index (χ1) is 15.2. The van der Waals surface area contributed by atoms with Crippen LogP contribution in [0.4, 0.5) is 13.2 Å². The summed E-state index contributed by atoms with van der Waals surface area (Å²) in [4.78, 5) is 21.2. The van der Waals surface area contributed by atoms with E-state index in [0.29, 0.717) is 30.6 Å². The number of carboxylic acids is 1. The molecule has 0 amide bonds. The molecule has 0 radical (unpaired) electrons. The first kappa shape index (κ1) is 23.4. The van der Waals surface area contributed by atoms with Gasteiger partial charge in [-0.25, -0.2) is 4.79 Å². The van der Waals surface area contributed by atoms with E-state index < -0.39 is 12.1 Å². The van der Waals surface area contributed by atoms with E-state index in [1.807, 2.05) is 16.7 Å². The largest absolute Gasteiger partial charge is 0.490 e. The summed E-state index contributed by atoms with van der Waals surface area (Å²) in [6, 6.07) is 9.70. The first-order valence-corrected chi connectivity index (χ1v) is 10.0. The maximum absolute atomic E-state index is 12.3. The molecule has 172 valence electrons. The van der Waals surface area contributed by atoms with Crippen LogP contribution >= 0.6 is 0 Å². The number of hydrogen-bond donors (Lipinski definition) is 2. The topological polar surface area (TPSA) is 93.7 Å². The SMILES string of the molecule is O=C(O)C(F)(F)F.O=c1cc(Cn2cc3ccccc3c2)occ1OCC1CCNCC1. The highest BCUT2D eigenvalue weighted by Gasteiger charge is 2.38. The molecule has 3 heterocycles. The van der Waals surface area contributed by atoms with E-state index in [9.17, 15) is 18.0 Å². The lowest BCUT2D eigenvalue weighted by Crippen LogP contribution is -2.31. The zero-order valence-electron chi connectivity index (χ0n) is 17.1. The van der Waals surface area contributed by atoms with Crippen LogP contribution in [0.3, 0.4) is 0 Å². The van der Waals surface area contributed by atoms with Crippen LogP contribution < -0.4 is 15.5 Å². The van der Waals surface area contributed by atoms with E-state index >= 15 is 0 Å². The number of carbonyl (C=O) groups is 1. The summed E-state index contributed by atoms with van der Waals surface area (Å²) in [5.74, 6) is -1.32. The Morgan fingerprint density at radius 2 is 1.78 bits per heavy atom. The van der Waals surface area contributed by atoms with Crippen LogP contribution in [0.5, 0.6) is 5.75 Å². The molecule has 1 saturated heterocycles. The van der Waals surface area contributed by atoms with Crippen molar-refractivity contribution in [3.63, 3.8) is 0 Å². The third kappa shape index (κ3) is 6.61. The standard InChI is InChI=1S/C20H22N2O3.C2HF3O2/c23-19-9-18(12-22-10-16-3-1-2-4-17(16)11-22)24-14-20(19)25-13-15-5-7-21-8-6-15;3-2(4,5)1(6)7/h1-4,9-11,14-15,21H,5-8,12-13H2;(H,6,7). The van der Waals surface area contributed by atoms with Crippen molar-refractivity contribution < 1.29 is 32.2 Å². The summed E-state index contributed by atoms with van der Waals surface area (Å²) in [6.07, 6.45) is 2.64. The molecule has 0 bridgehead atoms. The molecular formula is C22H23F3N2O5. The van der Waals surface area contributed by atoms with E-state index in [4.69, 9.17) is 19.1 Å². The van der Waals surface area contributed by atoms with Gasteiger partial charge in [-0.15, -0.1) is 0 Å². The van der Waals surface area contributed by atoms with Crippen LogP contribution in [0.15, 0.2) is 58.2 Å². The maximum Gasteiger partial charge on any atom is 0.490 e. The molecule has 0 atom stereocenters. The summed E-state index contributed by atoms with van der Waals surface area (Å²) >= 11 is 0. The summed E-state index contributed by atoms with van der Waals surface area (Å²) in [5, 5.41) is 12.8. The Hall–Kier alpha value is -3.27. The second kappa shape index (κ2) is 10.4. The average Bonchev–Trinajstić information content (AvgIpc) is 3.16. The van der Waals surface area contributed by atoms with Gasteiger partial charge in [0.25, 0.3) is 0 Å². The molecule has 1 aliphatic heterocycles. The molecule has 3 aromatic rings. The van der Waals surface area contributed by atoms with Crippen molar-refractivity contribution in [2.24, 2.45) is 5.92 Å². The highest BCUT2D eigenvalue weighted by atomic mass is 19.4. The Kier molecular flexibility index (Phi) is 7.57. The number of fused-ring (bicyclic) bond motifs is 1. The molecule has 4 rings (SSSR count). The predicted molar refractivity (Wildman–Crippen MR) is 111 cm³/mol. The minimum Gasteiger partial charge on any atom is -0.486 e. The molecule has 32 heavy (non-hydrogen) atoms. The quantitative estimate of drug-likeness (QED) is 0.614. The number of hydrogen-bond acceptors (Lipinski definition) is 5. The molecule has 1 aliphatic rings. The zero-order valence-corrected chi connectivity index (χ0v) is 17.1. The van der Waals surface area contributed by atoms with Gasteiger partial charge in [-0.1, -0.05) is 24.3 Å². The molecule has 1 fully saturated rings. The van der Waals surface area contributed by atoms with Gasteiger partial charge in [0.05, 0.1) is 13.2 Å². The van der Waals surface area contributed by atoms with E-state index in [1.165, 1.54) is 23.1 Å². The van der Waals surface area contributed by atoms with Gasteiger partial charge in [0, 0.05) is 18.5 Å². The third-order valence-electron chi connectivity index (χ3n) is 4.97. The van der Waals surface area contributed by atoms with E-state index in [1.54, 1.807) is 0 Å². The molecule has 0 spiro atoms. The number of halogens is 3. The normalized spacial score (nSPS) is 14.6. The number of aromatic nitrogens is 1. The highest BCUT2D eigenvalue weighted by Crippen LogP contribution is 2.17. The van der Waals surface area contributed by atoms with Crippen LogP contribution in [0.1, 0.15) is 18.6 Å². The fourth-order valence-corrected chi connectivity index (χ4v) is 3.29. The lowest BCUT2D eigenvalue weighted by atomic mass is 9.99. The summed E-state index contributed by atoms with van der Waals surface area (Å²) in [5.41, 5.74) is -0.119. The van der Waals surface area contributed by atoms with Crippen LogP contribution in [-0.4, -0.2) is 41.5 Å². The fraction of sp³-hybridized carbons (Fsp3) is 0.364. The van der Waals surface area contributed by atoms with Crippen LogP contribution in [-0.2, 0) is 11.3 Å². The van der Waals surface area contributed by atoms with Gasteiger partial charge in [0.15, 0.2) is 0 Å².